The smallest absolute Gasteiger partial charge is 0.0202 e. The van der Waals surface area contributed by atoms with E-state index >= 15 is 0 Å². The molecule has 3 heteroatoms. The van der Waals surface area contributed by atoms with Crippen LogP contribution in [0.5, 0.6) is 0 Å². The molecule has 0 fully saturated rings. The summed E-state index contributed by atoms with van der Waals surface area (Å²) in [6.45, 7) is 20.4. The normalized spacial score (nSPS) is 12.4. The van der Waals surface area contributed by atoms with E-state index in [1.807, 2.05) is 12.2 Å². The van der Waals surface area contributed by atoms with E-state index in [1.165, 1.54) is 76.8 Å². The Labute approximate surface area is 305 Å². The molecule has 0 saturated heterocycles. The van der Waals surface area contributed by atoms with Gasteiger partial charge in [-0.3, -0.25) is 6.08 Å². The molecule has 240 valence electrons. The number of rotatable bonds is 2. The minimum Gasteiger partial charge on any atom is -1.00 e. The Bertz CT molecular complexity index is 1690. The number of halogens is 2. The fourth-order valence-corrected chi connectivity index (χ4v) is 6.02. The summed E-state index contributed by atoms with van der Waals surface area (Å²) in [7, 11) is 0. The van der Waals surface area contributed by atoms with Gasteiger partial charge in [0.05, 0.1) is 0 Å². The first-order valence-electron chi connectivity index (χ1n) is 15.8. The maximum absolute atomic E-state index is 2.99. The van der Waals surface area contributed by atoms with E-state index in [1.54, 1.807) is 0 Å². The zero-order valence-corrected chi connectivity index (χ0v) is 32.9. The van der Waals surface area contributed by atoms with Crippen LogP contribution in [-0.4, -0.2) is 3.21 Å². The van der Waals surface area contributed by atoms with Crippen LogP contribution in [0, 0.1) is 6.08 Å². The molecule has 1 aliphatic carbocycles. The van der Waals surface area contributed by atoms with Crippen LogP contribution in [0.1, 0.15) is 96.6 Å². The number of fused-ring (bicyclic) bond motifs is 3. The molecule has 46 heavy (non-hydrogen) atoms. The molecule has 0 radical (unpaired) electrons. The van der Waals surface area contributed by atoms with E-state index in [9.17, 15) is 0 Å². The molecule has 0 aromatic heterocycles. The molecule has 5 aromatic rings. The predicted octanol–water partition coefficient (Wildman–Crippen LogP) is 5.72. The molecule has 5 aromatic carbocycles. The molecule has 0 amide bonds. The second-order valence-corrected chi connectivity index (χ2v) is 16.0. The zero-order chi connectivity index (χ0) is 32.1. The van der Waals surface area contributed by atoms with Crippen LogP contribution >= 0.6 is 0 Å². The maximum Gasteiger partial charge on any atom is -0.0202 e. The average molecular weight is 727 g/mol. The SMILES string of the molecule is CC(C)(C)c1ccc([C](=[Zr+2])c2ccccc2)cc1.CC(C)(C)c1ccc2c(c1)[cH-]c1cc(C(C)(C)C)ccc12.[C-]1=CC=CC1.[Cl-].[Cl-]. The van der Waals surface area contributed by atoms with E-state index in [0.29, 0.717) is 0 Å². The van der Waals surface area contributed by atoms with Gasteiger partial charge in [0.25, 0.3) is 0 Å². The van der Waals surface area contributed by atoms with Gasteiger partial charge in [0.1, 0.15) is 0 Å². The Hall–Kier alpha value is -2.44. The minimum atomic E-state index is 0. The molecule has 0 nitrogen and oxygen atoms in total. The summed E-state index contributed by atoms with van der Waals surface area (Å²) in [6, 6.07) is 35.8. The number of hydrogen-bond acceptors (Lipinski definition) is 0. The monoisotopic (exact) mass is 724 g/mol. The third kappa shape index (κ3) is 10.5. The third-order valence-electron chi connectivity index (χ3n) is 8.12. The molecule has 0 aliphatic heterocycles. The third-order valence-corrected chi connectivity index (χ3v) is 9.54. The average Bonchev–Trinajstić information content (AvgIpc) is 3.68. The summed E-state index contributed by atoms with van der Waals surface area (Å²) >= 11 is 1.46. The predicted molar refractivity (Wildman–Crippen MR) is 191 cm³/mol. The van der Waals surface area contributed by atoms with Crippen LogP contribution in [-0.2, 0) is 40.5 Å². The Balaban J connectivity index is 0.000000270. The summed E-state index contributed by atoms with van der Waals surface area (Å²) in [6.07, 6.45) is 10.0. The van der Waals surface area contributed by atoms with Crippen molar-refractivity contribution in [3.8, 4) is 0 Å². The Morgan fingerprint density at radius 3 is 1.39 bits per heavy atom. The molecule has 0 bridgehead atoms. The first kappa shape index (κ1) is 39.7. The van der Waals surface area contributed by atoms with Crippen molar-refractivity contribution >= 4 is 24.8 Å². The standard InChI is InChI=1S/C21H25.C17H18.C5H5.2ClH.Zr/c1-20(2,3)16-7-9-18-14(12-16)11-15-13-17(21(4,5)6)8-10-19(15)18;1-17(2,3)16-11-9-15(10-12-16)13-14-7-5-4-6-8-14;1-2-4-5-3-1;;;/h7-13H,1-6H3;4-12H,1-3H3;1-3H,4H2;2*1H;/q-1;;-1;;;+2/p-2. The van der Waals surface area contributed by atoms with Gasteiger partial charge in [0.15, 0.2) is 0 Å². The van der Waals surface area contributed by atoms with E-state index < -0.39 is 0 Å². The second-order valence-electron chi connectivity index (χ2n) is 14.8. The van der Waals surface area contributed by atoms with Crippen molar-refractivity contribution in [1.82, 2.24) is 0 Å². The van der Waals surface area contributed by atoms with Crippen molar-refractivity contribution in [2.45, 2.75) is 85.0 Å². The van der Waals surface area contributed by atoms with Gasteiger partial charge in [-0.25, -0.2) is 12.2 Å². The quantitative estimate of drug-likeness (QED) is 0.205. The van der Waals surface area contributed by atoms with Crippen LogP contribution in [0.4, 0.5) is 0 Å². The van der Waals surface area contributed by atoms with Crippen molar-refractivity contribution in [3.63, 3.8) is 0 Å². The molecular formula is C43H48Cl2Zr-2. The summed E-state index contributed by atoms with van der Waals surface area (Å²) in [5.74, 6) is 0. The van der Waals surface area contributed by atoms with Crippen molar-refractivity contribution in [2.24, 2.45) is 0 Å². The number of benzene rings is 4. The van der Waals surface area contributed by atoms with Crippen LogP contribution in [0.25, 0.3) is 21.5 Å². The largest absolute Gasteiger partial charge is 1.00 e. The van der Waals surface area contributed by atoms with Crippen molar-refractivity contribution in [2.75, 3.05) is 0 Å². The van der Waals surface area contributed by atoms with Gasteiger partial charge >= 0.3 is 125 Å². The van der Waals surface area contributed by atoms with E-state index in [0.717, 1.165) is 6.42 Å². The molecule has 0 N–H and O–H groups in total. The molecule has 0 saturated carbocycles. The van der Waals surface area contributed by atoms with Gasteiger partial charge in [-0.15, -0.1) is 46.2 Å². The minimum absolute atomic E-state index is 0. The second kappa shape index (κ2) is 16.6. The Morgan fingerprint density at radius 1 is 0.587 bits per heavy atom. The van der Waals surface area contributed by atoms with E-state index in [4.69, 9.17) is 0 Å². The number of allylic oxidation sites excluding steroid dienone is 4. The van der Waals surface area contributed by atoms with Crippen LogP contribution in [0.2, 0.25) is 0 Å². The van der Waals surface area contributed by atoms with Crippen LogP contribution in [0.15, 0.2) is 115 Å². The van der Waals surface area contributed by atoms with Gasteiger partial charge in [0, 0.05) is 0 Å². The zero-order valence-electron chi connectivity index (χ0n) is 28.9. The van der Waals surface area contributed by atoms with Crippen LogP contribution in [0.3, 0.4) is 0 Å². The van der Waals surface area contributed by atoms with Crippen molar-refractivity contribution in [1.29, 1.82) is 0 Å². The van der Waals surface area contributed by atoms with Crippen LogP contribution < -0.4 is 24.8 Å². The molecular weight excluding hydrogens is 679 g/mol. The van der Waals surface area contributed by atoms with Gasteiger partial charge in [-0.05, 0) is 10.8 Å². The molecule has 0 atom stereocenters. The number of hydrogen-bond donors (Lipinski definition) is 0. The molecule has 0 spiro atoms. The van der Waals surface area contributed by atoms with Gasteiger partial charge in [0.2, 0.25) is 0 Å². The Morgan fingerprint density at radius 2 is 1.02 bits per heavy atom. The molecule has 6 rings (SSSR count). The summed E-state index contributed by atoms with van der Waals surface area (Å²) in [5, 5.41) is 5.48. The fourth-order valence-electron chi connectivity index (χ4n) is 5.20. The summed E-state index contributed by atoms with van der Waals surface area (Å²) < 4.78 is 1.42. The topological polar surface area (TPSA) is 0 Å². The van der Waals surface area contributed by atoms with E-state index in [2.05, 4.69) is 172 Å². The molecule has 0 heterocycles. The van der Waals surface area contributed by atoms with Gasteiger partial charge in [-0.2, -0.15) is 6.08 Å². The first-order chi connectivity index (χ1) is 20.6. The van der Waals surface area contributed by atoms with E-state index in [-0.39, 0.29) is 41.1 Å². The van der Waals surface area contributed by atoms with Crippen molar-refractivity contribution in [3.05, 3.63) is 149 Å². The first-order valence-corrected chi connectivity index (χ1v) is 17.0. The molecule has 1 aliphatic rings. The maximum atomic E-state index is 2.99. The van der Waals surface area contributed by atoms with Gasteiger partial charge < -0.3 is 24.8 Å². The summed E-state index contributed by atoms with van der Waals surface area (Å²) in [5.41, 5.74) is 7.51. The van der Waals surface area contributed by atoms with Gasteiger partial charge in [-0.1, -0.05) is 76.9 Å². The van der Waals surface area contributed by atoms with Crippen molar-refractivity contribution < 1.29 is 49.0 Å². The Kier molecular flexibility index (Phi) is 14.3. The molecule has 0 unspecified atom stereocenters. The summed E-state index contributed by atoms with van der Waals surface area (Å²) in [4.78, 5) is 0. The fraction of sp³-hybridized carbons (Fsp3) is 0.302.